The van der Waals surface area contributed by atoms with Gasteiger partial charge in [-0.25, -0.2) is 12.8 Å². The third-order valence-corrected chi connectivity index (χ3v) is 6.53. The summed E-state index contributed by atoms with van der Waals surface area (Å²) < 4.78 is 60.3. The number of fused-ring (bicyclic) bond motifs is 2. The van der Waals surface area contributed by atoms with Crippen molar-refractivity contribution in [1.29, 1.82) is 0 Å². The van der Waals surface area contributed by atoms with Crippen LogP contribution in [0, 0.1) is 0 Å². The first-order valence-corrected chi connectivity index (χ1v) is 10.6. The molecule has 30 heavy (non-hydrogen) atoms. The van der Waals surface area contributed by atoms with Crippen LogP contribution in [-0.2, 0) is 19.5 Å². The van der Waals surface area contributed by atoms with Crippen molar-refractivity contribution in [2.75, 3.05) is 21.3 Å². The molecule has 6 nitrogen and oxygen atoms in total. The molecule has 0 radical (unpaired) electrons. The maximum atomic E-state index is 16.3. The molecule has 2 aromatic carbocycles. The highest BCUT2D eigenvalue weighted by molar-refractivity contribution is 7.89. The summed E-state index contributed by atoms with van der Waals surface area (Å²) in [6.07, 6.45) is 1.68. The lowest BCUT2D eigenvalue weighted by atomic mass is 9.71. The standard InChI is InChI=1S/C22H20FNO5S/c1-27-15-9-11-16(12-10-15)30(25,26)24-22(23)19-17(14-7-5-4-6-8-14)13-18(28-2)20(22)21(19)29-3/h4-13,24H,1-3H3. The molecular formula is C22H20FNO5S. The lowest BCUT2D eigenvalue weighted by molar-refractivity contribution is 0.153. The Hall–Kier alpha value is -3.10. The summed E-state index contributed by atoms with van der Waals surface area (Å²) in [7, 11) is 0.0831. The van der Waals surface area contributed by atoms with E-state index in [4.69, 9.17) is 14.2 Å². The summed E-state index contributed by atoms with van der Waals surface area (Å²) in [6, 6.07) is 14.8. The van der Waals surface area contributed by atoms with Crippen LogP contribution < -0.4 is 9.46 Å². The normalized spacial score (nSPS) is 20.5. The van der Waals surface area contributed by atoms with E-state index in [1.54, 1.807) is 18.2 Å². The van der Waals surface area contributed by atoms with Gasteiger partial charge in [0.25, 0.3) is 0 Å². The Bertz CT molecular complexity index is 1180. The highest BCUT2D eigenvalue weighted by atomic mass is 32.2. The number of ether oxygens (including phenoxy) is 3. The van der Waals surface area contributed by atoms with Crippen LogP contribution in [0.15, 0.2) is 88.2 Å². The van der Waals surface area contributed by atoms with Crippen molar-refractivity contribution in [1.82, 2.24) is 4.72 Å². The Morgan fingerprint density at radius 1 is 0.867 bits per heavy atom. The van der Waals surface area contributed by atoms with Gasteiger partial charge in [-0.15, -0.1) is 0 Å². The van der Waals surface area contributed by atoms with Gasteiger partial charge in [-0.3, -0.25) is 0 Å². The molecule has 4 rings (SSSR count). The van der Waals surface area contributed by atoms with Crippen molar-refractivity contribution in [3.8, 4) is 5.75 Å². The van der Waals surface area contributed by atoms with Crippen LogP contribution in [-0.4, -0.2) is 35.5 Å². The van der Waals surface area contributed by atoms with Crippen molar-refractivity contribution in [3.05, 3.63) is 88.9 Å². The molecular weight excluding hydrogens is 409 g/mol. The molecule has 0 aliphatic heterocycles. The highest BCUT2D eigenvalue weighted by Crippen LogP contribution is 2.56. The summed E-state index contributed by atoms with van der Waals surface area (Å²) in [5.74, 6) is -1.55. The Kier molecular flexibility index (Phi) is 4.91. The van der Waals surface area contributed by atoms with Crippen molar-refractivity contribution in [3.63, 3.8) is 0 Å². The molecule has 2 aliphatic carbocycles. The van der Waals surface area contributed by atoms with Gasteiger partial charge in [-0.1, -0.05) is 30.3 Å². The van der Waals surface area contributed by atoms with Crippen LogP contribution in [0.1, 0.15) is 5.56 Å². The minimum absolute atomic E-state index is 0.0132. The monoisotopic (exact) mass is 429 g/mol. The van der Waals surface area contributed by atoms with E-state index in [1.807, 2.05) is 18.2 Å². The molecule has 0 heterocycles. The first-order chi connectivity index (χ1) is 14.4. The third-order valence-electron chi connectivity index (χ3n) is 5.09. The lowest BCUT2D eigenvalue weighted by Crippen LogP contribution is -2.56. The van der Waals surface area contributed by atoms with Gasteiger partial charge >= 0.3 is 0 Å². The molecule has 0 amide bonds. The predicted octanol–water partition coefficient (Wildman–Crippen LogP) is 3.55. The Morgan fingerprint density at radius 3 is 2.10 bits per heavy atom. The van der Waals surface area contributed by atoms with Crippen LogP contribution in [0.25, 0.3) is 5.57 Å². The zero-order valence-electron chi connectivity index (χ0n) is 16.6. The molecule has 2 aromatic rings. The van der Waals surface area contributed by atoms with Crippen LogP contribution in [0.5, 0.6) is 5.75 Å². The Morgan fingerprint density at radius 2 is 1.53 bits per heavy atom. The number of hydrogen-bond acceptors (Lipinski definition) is 5. The van der Waals surface area contributed by atoms with Crippen molar-refractivity contribution < 1.29 is 27.0 Å². The molecule has 2 aliphatic rings. The second-order valence-corrected chi connectivity index (χ2v) is 8.40. The van der Waals surface area contributed by atoms with E-state index in [-0.39, 0.29) is 27.6 Å². The Labute approximate surface area is 174 Å². The molecule has 0 saturated carbocycles. The lowest BCUT2D eigenvalue weighted by Gasteiger charge is -2.45. The molecule has 8 heteroatoms. The zero-order valence-corrected chi connectivity index (χ0v) is 17.4. The minimum atomic E-state index is -4.20. The fourth-order valence-electron chi connectivity index (χ4n) is 3.68. The van der Waals surface area contributed by atoms with Gasteiger partial charge in [0.1, 0.15) is 17.3 Å². The number of hydrogen-bond donors (Lipinski definition) is 1. The first kappa shape index (κ1) is 20.2. The van der Waals surface area contributed by atoms with E-state index in [2.05, 4.69) is 4.72 Å². The number of allylic oxidation sites excluding steroid dienone is 1. The van der Waals surface area contributed by atoms with Gasteiger partial charge in [0.2, 0.25) is 15.8 Å². The summed E-state index contributed by atoms with van der Waals surface area (Å²) in [6.45, 7) is 0. The summed E-state index contributed by atoms with van der Waals surface area (Å²) in [5, 5.41) is 0. The van der Waals surface area contributed by atoms with Gasteiger partial charge in [0, 0.05) is 0 Å². The summed E-state index contributed by atoms with van der Waals surface area (Å²) in [5.41, 5.74) is 1.32. The first-order valence-electron chi connectivity index (χ1n) is 9.08. The number of methoxy groups -OCH3 is 3. The number of rotatable bonds is 7. The van der Waals surface area contributed by atoms with Crippen molar-refractivity contribution >= 4 is 15.6 Å². The number of sulfonamides is 1. The van der Waals surface area contributed by atoms with E-state index in [0.29, 0.717) is 16.9 Å². The molecule has 1 atom stereocenters. The Balaban J connectivity index is 1.79. The fourth-order valence-corrected chi connectivity index (χ4v) is 4.86. The second-order valence-electron chi connectivity index (χ2n) is 6.72. The third kappa shape index (κ3) is 3.00. The van der Waals surface area contributed by atoms with Crippen LogP contribution in [0.3, 0.4) is 0 Å². The minimum Gasteiger partial charge on any atom is -0.497 e. The predicted molar refractivity (Wildman–Crippen MR) is 110 cm³/mol. The van der Waals surface area contributed by atoms with E-state index < -0.39 is 15.8 Å². The number of benzene rings is 2. The van der Waals surface area contributed by atoms with Gasteiger partial charge in [0.15, 0.2) is 0 Å². The molecule has 2 bridgehead atoms. The molecule has 0 spiro atoms. The highest BCUT2D eigenvalue weighted by Gasteiger charge is 2.60. The second kappa shape index (κ2) is 7.30. The maximum absolute atomic E-state index is 16.3. The van der Waals surface area contributed by atoms with Crippen molar-refractivity contribution in [2.24, 2.45) is 0 Å². The van der Waals surface area contributed by atoms with Gasteiger partial charge in [-0.2, -0.15) is 4.72 Å². The van der Waals surface area contributed by atoms with Crippen LogP contribution in [0.4, 0.5) is 4.39 Å². The number of nitrogens with one attached hydrogen (secondary N) is 1. The zero-order chi connectivity index (χ0) is 21.5. The summed E-state index contributed by atoms with van der Waals surface area (Å²) in [4.78, 5) is -0.0883. The van der Waals surface area contributed by atoms with Crippen LogP contribution in [0.2, 0.25) is 0 Å². The SMILES string of the molecule is COc1ccc(S(=O)(=O)NC2(F)c3c(OC)cc(-c4ccccc4)c2c3OC)cc1. The average Bonchev–Trinajstić information content (AvgIpc) is 2.77. The van der Waals surface area contributed by atoms with Crippen LogP contribution >= 0.6 is 0 Å². The molecule has 0 fully saturated rings. The smallest absolute Gasteiger partial charge is 0.243 e. The van der Waals surface area contributed by atoms with E-state index >= 15 is 4.39 Å². The van der Waals surface area contributed by atoms with E-state index in [1.165, 1.54) is 45.6 Å². The van der Waals surface area contributed by atoms with E-state index in [9.17, 15) is 8.42 Å². The number of alkyl halides is 1. The maximum Gasteiger partial charge on any atom is 0.243 e. The van der Waals surface area contributed by atoms with Gasteiger partial charge in [0.05, 0.1) is 37.4 Å². The molecule has 0 saturated heterocycles. The van der Waals surface area contributed by atoms with Crippen molar-refractivity contribution in [2.45, 2.75) is 10.7 Å². The largest absolute Gasteiger partial charge is 0.497 e. The molecule has 1 N–H and O–H groups in total. The topological polar surface area (TPSA) is 73.9 Å². The molecule has 156 valence electrons. The van der Waals surface area contributed by atoms with Gasteiger partial charge < -0.3 is 14.2 Å². The summed E-state index contributed by atoms with van der Waals surface area (Å²) >= 11 is 0. The van der Waals surface area contributed by atoms with E-state index in [0.717, 1.165) is 0 Å². The number of halogens is 1. The average molecular weight is 429 g/mol. The fraction of sp³-hybridized carbons (Fsp3) is 0.182. The molecule has 1 unspecified atom stereocenters. The quantitative estimate of drug-likeness (QED) is 0.682. The molecule has 0 aromatic heterocycles. The van der Waals surface area contributed by atoms with Gasteiger partial charge in [-0.05, 0) is 41.5 Å².